The highest BCUT2D eigenvalue weighted by molar-refractivity contribution is 5.78. The molecule has 0 heterocycles. The molecule has 0 bridgehead atoms. The average Bonchev–Trinajstić information content (AvgIpc) is 2.67. The number of aliphatic hydroxyl groups is 8. The molecule has 0 radical (unpaired) electrons. The van der Waals surface area contributed by atoms with Crippen LogP contribution in [0.25, 0.3) is 0 Å². The second-order valence-corrected chi connectivity index (χ2v) is 5.48. The van der Waals surface area contributed by atoms with E-state index in [0.717, 1.165) is 6.92 Å². The van der Waals surface area contributed by atoms with Crippen molar-refractivity contribution in [1.82, 2.24) is 5.32 Å². The van der Waals surface area contributed by atoms with Gasteiger partial charge in [-0.2, -0.15) is 0 Å². The monoisotopic (exact) mass is 415 g/mol. The maximum atomic E-state index is 10.6. The summed E-state index contributed by atoms with van der Waals surface area (Å²) in [6, 6.07) is -1.48. The minimum Gasteiger partial charge on any atom is -0.479 e. The second-order valence-electron chi connectivity index (χ2n) is 5.48. The first-order valence-electron chi connectivity index (χ1n) is 7.63. The summed E-state index contributed by atoms with van der Waals surface area (Å²) < 4.78 is 0. The zero-order valence-corrected chi connectivity index (χ0v) is 14.6. The largest absolute Gasteiger partial charge is 0.479 e. The van der Waals surface area contributed by atoms with Gasteiger partial charge in [0.25, 0.3) is 0 Å². The van der Waals surface area contributed by atoms with Crippen LogP contribution >= 0.6 is 0 Å². The lowest BCUT2D eigenvalue weighted by atomic mass is 10.0. The smallest absolute Gasteiger partial charge is 0.335 e. The van der Waals surface area contributed by atoms with Crippen molar-refractivity contribution in [3.8, 4) is 0 Å². The standard InChI is InChI=1S/C8H13NO7.C6H12O6/c1-3(11)9-4(2-10)5(12)6(13)7(14)8(15)16;7-1-3(9)5(11)6(12)4(10)2-8/h2,4-7,12-14H,1H3,(H,9,11)(H,15,16);1,3-6,8-12H,2H2/t4-,5-,6+,7+;3-,4+,5+,6+/m10/s1. The van der Waals surface area contributed by atoms with Crippen LogP contribution in [-0.2, 0) is 19.2 Å². The number of aliphatic hydroxyl groups excluding tert-OH is 8. The van der Waals surface area contributed by atoms with E-state index in [-0.39, 0.29) is 12.6 Å². The Morgan fingerprint density at radius 1 is 0.857 bits per heavy atom. The van der Waals surface area contributed by atoms with Crippen molar-refractivity contribution in [3.05, 3.63) is 0 Å². The lowest BCUT2D eigenvalue weighted by Crippen LogP contribution is -2.53. The van der Waals surface area contributed by atoms with E-state index in [4.69, 9.17) is 35.7 Å². The Balaban J connectivity index is 0. The van der Waals surface area contributed by atoms with Gasteiger partial charge >= 0.3 is 5.97 Å². The van der Waals surface area contributed by atoms with Crippen molar-refractivity contribution in [2.45, 2.75) is 55.7 Å². The molecule has 0 aliphatic carbocycles. The molecule has 1 amide bonds. The SMILES string of the molecule is CC(=O)N[C@H](C=O)[C@@H](O)[C@H](O)[C@H](O)C(=O)O.O=C[C@H](O)[C@@H](O)[C@H](O)[C@H](O)CO. The summed E-state index contributed by atoms with van der Waals surface area (Å²) in [7, 11) is 0. The first-order valence-corrected chi connectivity index (χ1v) is 7.63. The Labute approximate surface area is 158 Å². The Hall–Kier alpha value is -2.04. The van der Waals surface area contributed by atoms with E-state index in [1.165, 1.54) is 0 Å². The quantitative estimate of drug-likeness (QED) is 0.141. The number of nitrogens with one attached hydrogen (secondary N) is 1. The number of carbonyl (C=O) groups is 4. The van der Waals surface area contributed by atoms with Crippen molar-refractivity contribution < 1.29 is 65.1 Å². The summed E-state index contributed by atoms with van der Waals surface area (Å²) in [6.45, 7) is 0.313. The van der Waals surface area contributed by atoms with E-state index in [2.05, 4.69) is 0 Å². The van der Waals surface area contributed by atoms with Crippen molar-refractivity contribution in [1.29, 1.82) is 0 Å². The molecule has 0 spiro atoms. The van der Waals surface area contributed by atoms with Gasteiger partial charge in [-0.25, -0.2) is 4.79 Å². The lowest BCUT2D eigenvalue weighted by molar-refractivity contribution is -0.159. The summed E-state index contributed by atoms with van der Waals surface area (Å²) in [4.78, 5) is 41.2. The molecule has 0 aliphatic heterocycles. The van der Waals surface area contributed by atoms with Crippen LogP contribution in [0.4, 0.5) is 0 Å². The van der Waals surface area contributed by atoms with Crippen molar-refractivity contribution in [3.63, 3.8) is 0 Å². The van der Waals surface area contributed by atoms with E-state index >= 15 is 0 Å². The Bertz CT molecular complexity index is 502. The highest BCUT2D eigenvalue weighted by Gasteiger charge is 2.35. The minimum absolute atomic E-state index is 0.0258. The molecule has 164 valence electrons. The molecule has 0 rings (SSSR count). The van der Waals surface area contributed by atoms with Crippen LogP contribution < -0.4 is 5.32 Å². The second kappa shape index (κ2) is 14.0. The first kappa shape index (κ1) is 28.2. The van der Waals surface area contributed by atoms with Crippen molar-refractivity contribution in [2.75, 3.05) is 6.61 Å². The maximum absolute atomic E-state index is 10.6. The highest BCUT2D eigenvalue weighted by Crippen LogP contribution is 2.05. The number of carboxylic acids is 1. The number of rotatable bonds is 11. The fourth-order valence-electron chi connectivity index (χ4n) is 1.60. The Kier molecular flexibility index (Phi) is 14.1. The number of aliphatic carboxylic acids is 1. The summed E-state index contributed by atoms with van der Waals surface area (Å²) in [6.07, 6.45) is -12.9. The third kappa shape index (κ3) is 9.77. The van der Waals surface area contributed by atoms with Crippen LogP contribution in [0.15, 0.2) is 0 Å². The summed E-state index contributed by atoms with van der Waals surface area (Å²) in [5, 5.41) is 81.3. The van der Waals surface area contributed by atoms with Gasteiger partial charge in [0.15, 0.2) is 12.4 Å². The van der Waals surface area contributed by atoms with Gasteiger partial charge in [0.1, 0.15) is 49.0 Å². The minimum atomic E-state index is -2.24. The Morgan fingerprint density at radius 3 is 1.68 bits per heavy atom. The molecular weight excluding hydrogens is 390 g/mol. The van der Waals surface area contributed by atoms with E-state index in [1.807, 2.05) is 5.32 Å². The van der Waals surface area contributed by atoms with Gasteiger partial charge in [-0.1, -0.05) is 0 Å². The summed E-state index contributed by atoms with van der Waals surface area (Å²) >= 11 is 0. The molecular formula is C14H25NO13. The number of carboxylic acid groups (broad SMARTS) is 1. The number of aldehydes is 2. The van der Waals surface area contributed by atoms with Crippen LogP contribution in [0.3, 0.4) is 0 Å². The predicted molar refractivity (Wildman–Crippen MR) is 86.5 cm³/mol. The fourth-order valence-corrected chi connectivity index (χ4v) is 1.60. The number of carbonyl (C=O) groups excluding carboxylic acids is 3. The molecule has 14 heteroatoms. The molecule has 0 aromatic carbocycles. The summed E-state index contributed by atoms with van der Waals surface area (Å²) in [5.41, 5.74) is 0. The van der Waals surface area contributed by atoms with E-state index in [9.17, 15) is 29.4 Å². The molecule has 0 unspecified atom stereocenters. The zero-order valence-electron chi connectivity index (χ0n) is 14.6. The van der Waals surface area contributed by atoms with Gasteiger partial charge in [0.2, 0.25) is 5.91 Å². The number of amides is 1. The molecule has 14 nitrogen and oxygen atoms in total. The lowest BCUT2D eigenvalue weighted by Gasteiger charge is -2.24. The number of hydrogen-bond donors (Lipinski definition) is 10. The third-order valence-corrected chi connectivity index (χ3v) is 3.23. The van der Waals surface area contributed by atoms with Crippen LogP contribution in [0.2, 0.25) is 0 Å². The van der Waals surface area contributed by atoms with Crippen LogP contribution in [-0.4, -0.2) is 126 Å². The normalized spacial score (nSPS) is 19.3. The molecule has 0 aliphatic rings. The first-order chi connectivity index (χ1) is 12.8. The van der Waals surface area contributed by atoms with E-state index in [0.29, 0.717) is 0 Å². The van der Waals surface area contributed by atoms with Gasteiger partial charge in [-0.15, -0.1) is 0 Å². The zero-order chi connectivity index (χ0) is 22.6. The summed E-state index contributed by atoms with van der Waals surface area (Å²) in [5.74, 6) is -2.40. The molecule has 0 fully saturated rings. The number of hydrogen-bond acceptors (Lipinski definition) is 12. The molecule has 0 aromatic heterocycles. The third-order valence-electron chi connectivity index (χ3n) is 3.23. The van der Waals surface area contributed by atoms with Gasteiger partial charge in [-0.05, 0) is 0 Å². The molecule has 0 aromatic rings. The highest BCUT2D eigenvalue weighted by atomic mass is 16.4. The van der Waals surface area contributed by atoms with Gasteiger partial charge in [0.05, 0.1) is 6.61 Å². The van der Waals surface area contributed by atoms with Crippen molar-refractivity contribution in [2.24, 2.45) is 0 Å². The fraction of sp³-hybridized carbons (Fsp3) is 0.714. The molecule has 10 N–H and O–H groups in total. The Morgan fingerprint density at radius 2 is 1.36 bits per heavy atom. The molecule has 0 saturated carbocycles. The van der Waals surface area contributed by atoms with Crippen LogP contribution in [0.1, 0.15) is 6.92 Å². The van der Waals surface area contributed by atoms with E-state index in [1.54, 1.807) is 0 Å². The molecule has 0 saturated heterocycles. The van der Waals surface area contributed by atoms with Gasteiger partial charge in [0, 0.05) is 6.92 Å². The van der Waals surface area contributed by atoms with Crippen molar-refractivity contribution >= 4 is 24.4 Å². The maximum Gasteiger partial charge on any atom is 0.335 e. The predicted octanol–water partition coefficient (Wildman–Crippen LogP) is -6.52. The topological polar surface area (TPSA) is 262 Å². The van der Waals surface area contributed by atoms with Crippen LogP contribution in [0.5, 0.6) is 0 Å². The van der Waals surface area contributed by atoms with E-state index < -0.39 is 67.3 Å². The molecule has 28 heavy (non-hydrogen) atoms. The van der Waals surface area contributed by atoms with Gasteiger partial charge < -0.3 is 60.9 Å². The average molecular weight is 415 g/mol. The van der Waals surface area contributed by atoms with Crippen LogP contribution in [0, 0.1) is 0 Å². The van der Waals surface area contributed by atoms with Gasteiger partial charge in [-0.3, -0.25) is 4.79 Å². The molecule has 8 atom stereocenters.